The van der Waals surface area contributed by atoms with Crippen LogP contribution in [0.3, 0.4) is 0 Å². The van der Waals surface area contributed by atoms with Crippen molar-refractivity contribution in [1.29, 1.82) is 0 Å². The fraction of sp³-hybridized carbons (Fsp3) is 0.407. The fourth-order valence-corrected chi connectivity index (χ4v) is 4.56. The monoisotopic (exact) mass is 493 g/mol. The predicted molar refractivity (Wildman–Crippen MR) is 142 cm³/mol. The minimum absolute atomic E-state index is 0.104. The van der Waals surface area contributed by atoms with Gasteiger partial charge in [0.25, 0.3) is 5.91 Å². The Morgan fingerprint density at radius 1 is 1.03 bits per heavy atom. The number of carbonyl (C=O) groups is 2. The zero-order valence-corrected chi connectivity index (χ0v) is 22.1. The molecule has 3 rings (SSSR count). The lowest BCUT2D eigenvalue weighted by Crippen LogP contribution is -2.33. The van der Waals surface area contributed by atoms with Crippen molar-refractivity contribution in [3.63, 3.8) is 0 Å². The predicted octanol–water partition coefficient (Wildman–Crippen LogP) is 5.59. The first-order chi connectivity index (χ1) is 16.7. The summed E-state index contributed by atoms with van der Waals surface area (Å²) < 4.78 is 1.97. The number of benzene rings is 2. The van der Waals surface area contributed by atoms with Gasteiger partial charge in [-0.1, -0.05) is 69.3 Å². The molecule has 0 fully saturated rings. The third-order valence-corrected chi connectivity index (χ3v) is 6.73. The normalized spacial score (nSPS) is 12.1. The van der Waals surface area contributed by atoms with Crippen molar-refractivity contribution < 1.29 is 9.59 Å². The van der Waals surface area contributed by atoms with E-state index in [1.807, 2.05) is 74.7 Å². The number of thioether (sulfide) groups is 1. The Morgan fingerprint density at radius 3 is 2.34 bits per heavy atom. The number of rotatable bonds is 10. The molecule has 1 atom stereocenters. The van der Waals surface area contributed by atoms with Gasteiger partial charge in [-0.25, -0.2) is 0 Å². The van der Waals surface area contributed by atoms with Crippen LogP contribution in [0.4, 0.5) is 5.69 Å². The molecule has 186 valence electrons. The van der Waals surface area contributed by atoms with E-state index in [4.69, 9.17) is 0 Å². The Bertz CT molecular complexity index is 1150. The van der Waals surface area contributed by atoms with Gasteiger partial charge >= 0.3 is 0 Å². The molecule has 0 aliphatic carbocycles. The van der Waals surface area contributed by atoms with Crippen LogP contribution < -0.4 is 10.6 Å². The highest BCUT2D eigenvalue weighted by atomic mass is 32.2. The van der Waals surface area contributed by atoms with Crippen LogP contribution >= 0.6 is 11.8 Å². The maximum absolute atomic E-state index is 12.9. The summed E-state index contributed by atoms with van der Waals surface area (Å²) in [5, 5.41) is 15.5. The highest BCUT2D eigenvalue weighted by Gasteiger charge is 2.26. The van der Waals surface area contributed by atoms with Crippen LogP contribution in [0.1, 0.15) is 73.9 Å². The minimum Gasteiger partial charge on any atom is -0.342 e. The number of nitrogens with one attached hydrogen (secondary N) is 2. The summed E-state index contributed by atoms with van der Waals surface area (Å²) in [7, 11) is 0. The summed E-state index contributed by atoms with van der Waals surface area (Å²) in [5.41, 5.74) is 3.65. The van der Waals surface area contributed by atoms with E-state index in [1.165, 1.54) is 17.3 Å². The molecular formula is C27H35N5O2S. The van der Waals surface area contributed by atoms with E-state index >= 15 is 0 Å². The van der Waals surface area contributed by atoms with Crippen molar-refractivity contribution in [2.24, 2.45) is 5.92 Å². The van der Waals surface area contributed by atoms with E-state index in [0.29, 0.717) is 29.0 Å². The van der Waals surface area contributed by atoms with Crippen molar-refractivity contribution >= 4 is 29.3 Å². The lowest BCUT2D eigenvalue weighted by Gasteiger charge is -2.22. The molecule has 0 saturated carbocycles. The molecule has 35 heavy (non-hydrogen) atoms. The van der Waals surface area contributed by atoms with Gasteiger partial charge in [-0.3, -0.25) is 9.59 Å². The van der Waals surface area contributed by atoms with Gasteiger partial charge < -0.3 is 15.2 Å². The molecular weight excluding hydrogens is 458 g/mol. The van der Waals surface area contributed by atoms with E-state index < -0.39 is 0 Å². The number of hydrogen-bond acceptors (Lipinski definition) is 5. The van der Waals surface area contributed by atoms with E-state index in [9.17, 15) is 9.59 Å². The van der Waals surface area contributed by atoms with Crippen molar-refractivity contribution in [2.45, 2.75) is 65.2 Å². The highest BCUT2D eigenvalue weighted by Crippen LogP contribution is 2.26. The molecule has 8 heteroatoms. The molecule has 7 nitrogen and oxygen atoms in total. The fourth-order valence-electron chi connectivity index (χ4n) is 3.75. The van der Waals surface area contributed by atoms with Gasteiger partial charge in [-0.2, -0.15) is 0 Å². The van der Waals surface area contributed by atoms with E-state index in [-0.39, 0.29) is 29.5 Å². The third kappa shape index (κ3) is 6.94. The standard InChI is InChI=1S/C27H35N5O2S/c1-7-32-25(24(18(4)5)29-26(34)21-10-8-9-19(6)15-21)30-31-27(32)35-16-23(33)28-22-13-11-20(12-14-22)17(2)3/h8-15,17-18,24H,7,16H2,1-6H3,(H,28,33)(H,29,34)/t24-/m1/s1. The minimum atomic E-state index is -0.307. The Balaban J connectivity index is 1.68. The number of anilines is 1. The number of aryl methyl sites for hydroxylation is 1. The van der Waals surface area contributed by atoms with E-state index in [2.05, 4.69) is 34.7 Å². The quantitative estimate of drug-likeness (QED) is 0.360. The summed E-state index contributed by atoms with van der Waals surface area (Å²) in [6, 6.07) is 15.1. The molecule has 0 aliphatic rings. The molecule has 0 radical (unpaired) electrons. The first-order valence-electron chi connectivity index (χ1n) is 12.0. The van der Waals surface area contributed by atoms with Crippen LogP contribution in [-0.2, 0) is 11.3 Å². The number of aromatic nitrogens is 3. The lowest BCUT2D eigenvalue weighted by atomic mass is 10.0. The molecule has 2 N–H and O–H groups in total. The molecule has 1 heterocycles. The van der Waals surface area contributed by atoms with Gasteiger partial charge in [0.1, 0.15) is 0 Å². The van der Waals surface area contributed by atoms with Crippen LogP contribution in [0, 0.1) is 12.8 Å². The van der Waals surface area contributed by atoms with E-state index in [1.54, 1.807) is 6.07 Å². The van der Waals surface area contributed by atoms with Crippen LogP contribution in [0.5, 0.6) is 0 Å². The lowest BCUT2D eigenvalue weighted by molar-refractivity contribution is -0.113. The molecule has 0 spiro atoms. The number of nitrogens with zero attached hydrogens (tertiary/aromatic N) is 3. The zero-order valence-electron chi connectivity index (χ0n) is 21.3. The molecule has 0 bridgehead atoms. The van der Waals surface area contributed by atoms with Crippen LogP contribution in [-0.4, -0.2) is 32.3 Å². The molecule has 1 aromatic heterocycles. The molecule has 2 amide bonds. The SMILES string of the molecule is CCn1c(SCC(=O)Nc2ccc(C(C)C)cc2)nnc1[C@H](NC(=O)c1cccc(C)c1)C(C)C. The van der Waals surface area contributed by atoms with Crippen molar-refractivity contribution in [2.75, 3.05) is 11.1 Å². The van der Waals surface area contributed by atoms with Gasteiger partial charge in [0.15, 0.2) is 11.0 Å². The smallest absolute Gasteiger partial charge is 0.251 e. The first-order valence-corrected chi connectivity index (χ1v) is 13.0. The van der Waals surface area contributed by atoms with Crippen molar-refractivity contribution in [3.8, 4) is 0 Å². The van der Waals surface area contributed by atoms with Gasteiger partial charge in [-0.15, -0.1) is 10.2 Å². The summed E-state index contributed by atoms with van der Waals surface area (Å²) in [5.74, 6) is 1.21. The molecule has 0 unspecified atom stereocenters. The first kappa shape index (κ1) is 26.5. The second-order valence-corrected chi connectivity index (χ2v) is 10.2. The number of amides is 2. The summed E-state index contributed by atoms with van der Waals surface area (Å²) in [6.07, 6.45) is 0. The second kappa shape index (κ2) is 12.0. The van der Waals surface area contributed by atoms with Gasteiger partial charge in [0, 0.05) is 17.8 Å². The van der Waals surface area contributed by atoms with Gasteiger partial charge in [-0.05, 0) is 55.5 Å². The maximum Gasteiger partial charge on any atom is 0.251 e. The number of carbonyl (C=O) groups excluding carboxylic acids is 2. The molecule has 0 saturated heterocycles. The Labute approximate surface area is 212 Å². The Kier molecular flexibility index (Phi) is 9.09. The number of hydrogen-bond donors (Lipinski definition) is 2. The maximum atomic E-state index is 12.9. The van der Waals surface area contributed by atoms with Crippen LogP contribution in [0.2, 0.25) is 0 Å². The van der Waals surface area contributed by atoms with Gasteiger partial charge in [0.05, 0.1) is 11.8 Å². The zero-order chi connectivity index (χ0) is 25.5. The van der Waals surface area contributed by atoms with Crippen LogP contribution in [0.25, 0.3) is 0 Å². The summed E-state index contributed by atoms with van der Waals surface area (Å²) in [6.45, 7) is 13.0. The van der Waals surface area contributed by atoms with Crippen LogP contribution in [0.15, 0.2) is 53.7 Å². The largest absolute Gasteiger partial charge is 0.342 e. The van der Waals surface area contributed by atoms with Gasteiger partial charge in [0.2, 0.25) is 5.91 Å². The third-order valence-electron chi connectivity index (χ3n) is 5.77. The Hall–Kier alpha value is -3.13. The Morgan fingerprint density at radius 2 is 1.74 bits per heavy atom. The average Bonchev–Trinajstić information content (AvgIpc) is 3.23. The average molecular weight is 494 g/mol. The topological polar surface area (TPSA) is 88.9 Å². The van der Waals surface area contributed by atoms with Crippen molar-refractivity contribution in [1.82, 2.24) is 20.1 Å². The van der Waals surface area contributed by atoms with Crippen molar-refractivity contribution in [3.05, 3.63) is 71.0 Å². The molecule has 3 aromatic rings. The molecule has 2 aromatic carbocycles. The summed E-state index contributed by atoms with van der Waals surface area (Å²) in [4.78, 5) is 25.4. The second-order valence-electron chi connectivity index (χ2n) is 9.26. The van der Waals surface area contributed by atoms with E-state index in [0.717, 1.165) is 11.3 Å². The molecule has 0 aliphatic heterocycles. The summed E-state index contributed by atoms with van der Waals surface area (Å²) >= 11 is 1.34. The highest BCUT2D eigenvalue weighted by molar-refractivity contribution is 7.99.